The molecule has 98 valence electrons. The fourth-order valence-corrected chi connectivity index (χ4v) is 2.19. The predicted octanol–water partition coefficient (Wildman–Crippen LogP) is 0.962. The number of methoxy groups -OCH3 is 1. The lowest BCUT2D eigenvalue weighted by Crippen LogP contribution is -2.30. The summed E-state index contributed by atoms with van der Waals surface area (Å²) in [6, 6.07) is 2.21. The van der Waals surface area contributed by atoms with Crippen LogP contribution in [0.4, 0.5) is 0 Å². The molecule has 0 unspecified atom stereocenters. The minimum atomic E-state index is -0.104. The zero-order chi connectivity index (χ0) is 12.8. The molecule has 2 rings (SSSR count). The molecule has 0 radical (unpaired) electrons. The second-order valence-corrected chi connectivity index (χ2v) is 4.41. The lowest BCUT2D eigenvalue weighted by Gasteiger charge is -2.11. The second kappa shape index (κ2) is 6.35. The first kappa shape index (κ1) is 12.8. The Hall–Kier alpha value is -1.62. The van der Waals surface area contributed by atoms with Crippen LogP contribution in [0.1, 0.15) is 29.6 Å². The van der Waals surface area contributed by atoms with Crippen molar-refractivity contribution in [2.45, 2.75) is 25.3 Å². The Balaban J connectivity index is 1.83. The summed E-state index contributed by atoms with van der Waals surface area (Å²) in [5.74, 6) is 0.404. The van der Waals surface area contributed by atoms with Crippen LogP contribution in [0.2, 0.25) is 0 Å². The highest BCUT2D eigenvalue weighted by Gasteiger charge is 2.15. The summed E-state index contributed by atoms with van der Waals surface area (Å²) in [7, 11) is 1.54. The Morgan fingerprint density at radius 2 is 2.56 bits per heavy atom. The van der Waals surface area contributed by atoms with Crippen molar-refractivity contribution in [1.82, 2.24) is 15.6 Å². The average molecular weight is 249 g/mol. The number of hydrogen-bond donors (Lipinski definition) is 2. The van der Waals surface area contributed by atoms with Crippen LogP contribution in [0.25, 0.3) is 0 Å². The van der Waals surface area contributed by atoms with Gasteiger partial charge < -0.3 is 15.4 Å². The van der Waals surface area contributed by atoms with Crippen LogP contribution in [0, 0.1) is 0 Å². The third-order valence-electron chi connectivity index (χ3n) is 3.19. The summed E-state index contributed by atoms with van der Waals surface area (Å²) in [5, 5.41) is 6.32. The molecule has 1 aromatic heterocycles. The first-order valence-electron chi connectivity index (χ1n) is 6.31. The zero-order valence-electron chi connectivity index (χ0n) is 10.6. The van der Waals surface area contributed by atoms with Crippen molar-refractivity contribution in [3.63, 3.8) is 0 Å². The molecule has 2 heterocycles. The molecule has 2 N–H and O–H groups in total. The molecule has 1 aromatic rings. The van der Waals surface area contributed by atoms with Crippen LogP contribution in [0.15, 0.2) is 18.5 Å². The SMILES string of the molecule is COc1cnccc1C(=O)NCC[C@@H]1CCCN1. The van der Waals surface area contributed by atoms with E-state index in [0.717, 1.165) is 13.0 Å². The van der Waals surface area contributed by atoms with Crippen molar-refractivity contribution >= 4 is 5.91 Å². The van der Waals surface area contributed by atoms with Gasteiger partial charge in [0.15, 0.2) is 0 Å². The number of rotatable bonds is 5. The Kier molecular flexibility index (Phi) is 4.52. The van der Waals surface area contributed by atoms with Gasteiger partial charge in [-0.3, -0.25) is 9.78 Å². The number of hydrogen-bond acceptors (Lipinski definition) is 4. The minimum Gasteiger partial charge on any atom is -0.494 e. The summed E-state index contributed by atoms with van der Waals surface area (Å²) >= 11 is 0. The summed E-state index contributed by atoms with van der Waals surface area (Å²) in [6.07, 6.45) is 6.55. The van der Waals surface area contributed by atoms with Crippen molar-refractivity contribution in [1.29, 1.82) is 0 Å². The normalized spacial score (nSPS) is 18.6. The van der Waals surface area contributed by atoms with E-state index in [1.807, 2.05) is 0 Å². The topological polar surface area (TPSA) is 63.2 Å². The van der Waals surface area contributed by atoms with E-state index in [9.17, 15) is 4.79 Å². The summed E-state index contributed by atoms with van der Waals surface area (Å²) in [4.78, 5) is 15.9. The Bertz CT molecular complexity index is 403. The van der Waals surface area contributed by atoms with Gasteiger partial charge in [0.2, 0.25) is 0 Å². The van der Waals surface area contributed by atoms with Gasteiger partial charge in [0.1, 0.15) is 5.75 Å². The fourth-order valence-electron chi connectivity index (χ4n) is 2.19. The molecular formula is C13H19N3O2. The van der Waals surface area contributed by atoms with E-state index in [0.29, 0.717) is 23.9 Å². The lowest BCUT2D eigenvalue weighted by molar-refractivity contribution is 0.0949. The molecule has 0 saturated carbocycles. The maximum Gasteiger partial charge on any atom is 0.255 e. The maximum atomic E-state index is 12.0. The molecule has 0 aliphatic carbocycles. The number of aromatic nitrogens is 1. The van der Waals surface area contributed by atoms with Crippen molar-refractivity contribution in [3.05, 3.63) is 24.0 Å². The largest absolute Gasteiger partial charge is 0.494 e. The smallest absolute Gasteiger partial charge is 0.255 e. The third kappa shape index (κ3) is 3.20. The predicted molar refractivity (Wildman–Crippen MR) is 68.8 cm³/mol. The van der Waals surface area contributed by atoms with Gasteiger partial charge in [-0.2, -0.15) is 0 Å². The number of carbonyl (C=O) groups is 1. The van der Waals surface area contributed by atoms with Gasteiger partial charge in [-0.05, 0) is 31.9 Å². The first-order valence-corrected chi connectivity index (χ1v) is 6.31. The Morgan fingerprint density at radius 1 is 1.67 bits per heavy atom. The van der Waals surface area contributed by atoms with E-state index in [-0.39, 0.29) is 5.91 Å². The number of carbonyl (C=O) groups excluding carboxylic acids is 1. The van der Waals surface area contributed by atoms with Crippen LogP contribution in [0.3, 0.4) is 0 Å². The number of pyridine rings is 1. The van der Waals surface area contributed by atoms with E-state index in [1.165, 1.54) is 20.0 Å². The van der Waals surface area contributed by atoms with E-state index in [4.69, 9.17) is 4.74 Å². The van der Waals surface area contributed by atoms with Gasteiger partial charge in [-0.25, -0.2) is 0 Å². The van der Waals surface area contributed by atoms with Crippen molar-refractivity contribution < 1.29 is 9.53 Å². The van der Waals surface area contributed by atoms with E-state index >= 15 is 0 Å². The molecule has 0 bridgehead atoms. The number of nitrogens with zero attached hydrogens (tertiary/aromatic N) is 1. The van der Waals surface area contributed by atoms with Crippen molar-refractivity contribution in [2.24, 2.45) is 0 Å². The van der Waals surface area contributed by atoms with Gasteiger partial charge in [0.05, 0.1) is 18.9 Å². The van der Waals surface area contributed by atoms with Gasteiger partial charge in [0, 0.05) is 18.8 Å². The van der Waals surface area contributed by atoms with E-state index < -0.39 is 0 Å². The molecule has 5 heteroatoms. The maximum absolute atomic E-state index is 12.0. The first-order chi connectivity index (χ1) is 8.81. The zero-order valence-corrected chi connectivity index (χ0v) is 10.6. The Labute approximate surface area is 107 Å². The molecule has 1 amide bonds. The van der Waals surface area contributed by atoms with Gasteiger partial charge in [-0.15, -0.1) is 0 Å². The highest BCUT2D eigenvalue weighted by atomic mass is 16.5. The van der Waals surface area contributed by atoms with Crippen molar-refractivity contribution in [3.8, 4) is 5.75 Å². The quantitative estimate of drug-likeness (QED) is 0.816. The molecule has 1 atom stereocenters. The standard InChI is InChI=1S/C13H19N3O2/c1-18-12-9-14-7-5-11(12)13(17)16-8-4-10-3-2-6-15-10/h5,7,9-10,15H,2-4,6,8H2,1H3,(H,16,17)/t10-/m0/s1. The average Bonchev–Trinajstić information content (AvgIpc) is 2.91. The third-order valence-corrected chi connectivity index (χ3v) is 3.19. The monoisotopic (exact) mass is 249 g/mol. The highest BCUT2D eigenvalue weighted by molar-refractivity contribution is 5.96. The summed E-state index contributed by atoms with van der Waals surface area (Å²) in [5.41, 5.74) is 0.534. The Morgan fingerprint density at radius 3 is 3.28 bits per heavy atom. The lowest BCUT2D eigenvalue weighted by atomic mass is 10.1. The van der Waals surface area contributed by atoms with Crippen molar-refractivity contribution in [2.75, 3.05) is 20.2 Å². The second-order valence-electron chi connectivity index (χ2n) is 4.41. The molecule has 18 heavy (non-hydrogen) atoms. The van der Waals surface area contributed by atoms with Gasteiger partial charge in [-0.1, -0.05) is 0 Å². The number of amides is 1. The van der Waals surface area contributed by atoms with Crippen LogP contribution in [-0.2, 0) is 0 Å². The highest BCUT2D eigenvalue weighted by Crippen LogP contribution is 2.15. The van der Waals surface area contributed by atoms with Crippen LogP contribution < -0.4 is 15.4 Å². The summed E-state index contributed by atoms with van der Waals surface area (Å²) in [6.45, 7) is 1.78. The van der Waals surface area contributed by atoms with Crippen LogP contribution >= 0.6 is 0 Å². The molecule has 1 aliphatic heterocycles. The minimum absolute atomic E-state index is 0.104. The number of nitrogens with one attached hydrogen (secondary N) is 2. The molecule has 1 saturated heterocycles. The molecular weight excluding hydrogens is 230 g/mol. The van der Waals surface area contributed by atoms with E-state index in [2.05, 4.69) is 15.6 Å². The molecule has 0 spiro atoms. The summed E-state index contributed by atoms with van der Waals surface area (Å²) < 4.78 is 5.11. The molecule has 1 fully saturated rings. The van der Waals surface area contributed by atoms with E-state index in [1.54, 1.807) is 18.5 Å². The molecule has 0 aromatic carbocycles. The molecule has 5 nitrogen and oxygen atoms in total. The van der Waals surface area contributed by atoms with Gasteiger partial charge in [0.25, 0.3) is 5.91 Å². The van der Waals surface area contributed by atoms with Gasteiger partial charge >= 0.3 is 0 Å². The van der Waals surface area contributed by atoms with Crippen LogP contribution in [0.5, 0.6) is 5.75 Å². The fraction of sp³-hybridized carbons (Fsp3) is 0.538. The molecule has 1 aliphatic rings. The number of ether oxygens (including phenoxy) is 1. The van der Waals surface area contributed by atoms with Crippen LogP contribution in [-0.4, -0.2) is 37.1 Å².